The average molecular weight is 293 g/mol. The molecule has 0 aromatic carbocycles. The van der Waals surface area contributed by atoms with Crippen molar-refractivity contribution < 1.29 is 27.5 Å². The number of Topliss-reactive ketones (excluding diaryl/α,β-unsaturated/α-hetero) is 1. The van der Waals surface area contributed by atoms with Gasteiger partial charge in [0.15, 0.2) is 0 Å². The van der Waals surface area contributed by atoms with Gasteiger partial charge in [-0.15, -0.1) is 0 Å². The Labute approximate surface area is 115 Å². The van der Waals surface area contributed by atoms with E-state index in [2.05, 4.69) is 4.74 Å². The minimum absolute atomic E-state index is 0.135. The van der Waals surface area contributed by atoms with Crippen molar-refractivity contribution in [3.8, 4) is 0 Å². The third-order valence-electron chi connectivity index (χ3n) is 3.93. The van der Waals surface area contributed by atoms with E-state index in [1.54, 1.807) is 0 Å². The molecule has 0 bridgehead atoms. The number of nitrogens with zero attached hydrogens (tertiary/aromatic N) is 1. The van der Waals surface area contributed by atoms with E-state index in [0.29, 0.717) is 13.0 Å². The first kappa shape index (κ1) is 15.3. The number of hydrogen-bond acceptors (Lipinski definition) is 3. The number of ketones is 1. The highest BCUT2D eigenvalue weighted by Crippen LogP contribution is 2.33. The van der Waals surface area contributed by atoms with Gasteiger partial charge in [0, 0.05) is 24.9 Å². The number of alkyl halides is 3. The van der Waals surface area contributed by atoms with Crippen LogP contribution >= 0.6 is 0 Å². The maximum absolute atomic E-state index is 12.0. The van der Waals surface area contributed by atoms with E-state index in [9.17, 15) is 22.8 Å². The van der Waals surface area contributed by atoms with E-state index in [1.807, 2.05) is 0 Å². The van der Waals surface area contributed by atoms with Gasteiger partial charge in [-0.3, -0.25) is 9.59 Å². The largest absolute Gasteiger partial charge is 0.411 e. The molecule has 0 aromatic rings. The van der Waals surface area contributed by atoms with E-state index in [1.165, 1.54) is 4.90 Å². The summed E-state index contributed by atoms with van der Waals surface area (Å²) < 4.78 is 40.3. The highest BCUT2D eigenvalue weighted by Gasteiger charge is 2.40. The third-order valence-corrected chi connectivity index (χ3v) is 3.93. The van der Waals surface area contributed by atoms with E-state index in [-0.39, 0.29) is 17.7 Å². The van der Waals surface area contributed by atoms with Crippen molar-refractivity contribution in [2.45, 2.75) is 44.3 Å². The predicted molar refractivity (Wildman–Crippen MR) is 64.0 cm³/mol. The number of rotatable bonds is 4. The summed E-state index contributed by atoms with van der Waals surface area (Å²) in [5.41, 5.74) is 0. The number of ether oxygens (including phenoxy) is 1. The van der Waals surface area contributed by atoms with Gasteiger partial charge in [0.1, 0.15) is 19.0 Å². The molecule has 7 heteroatoms. The molecule has 0 N–H and O–H groups in total. The zero-order valence-electron chi connectivity index (χ0n) is 11.1. The third kappa shape index (κ3) is 3.71. The second-order valence-corrected chi connectivity index (χ2v) is 5.37. The van der Waals surface area contributed by atoms with Crippen molar-refractivity contribution in [3.63, 3.8) is 0 Å². The smallest absolute Gasteiger partial charge is 0.362 e. The van der Waals surface area contributed by atoms with Crippen molar-refractivity contribution in [3.05, 3.63) is 0 Å². The number of likely N-dealkylation sites (tertiary alicyclic amines) is 1. The van der Waals surface area contributed by atoms with Crippen molar-refractivity contribution in [2.24, 2.45) is 5.92 Å². The summed E-state index contributed by atoms with van der Waals surface area (Å²) >= 11 is 0. The fraction of sp³-hybridized carbons (Fsp3) is 0.846. The maximum Gasteiger partial charge on any atom is 0.411 e. The molecule has 0 aromatic heterocycles. The molecule has 1 amide bonds. The van der Waals surface area contributed by atoms with Gasteiger partial charge < -0.3 is 9.64 Å². The fourth-order valence-corrected chi connectivity index (χ4v) is 3.11. The molecule has 114 valence electrons. The van der Waals surface area contributed by atoms with Crippen molar-refractivity contribution in [1.82, 2.24) is 4.90 Å². The molecule has 1 aliphatic carbocycles. The van der Waals surface area contributed by atoms with Gasteiger partial charge in [-0.2, -0.15) is 13.2 Å². The quantitative estimate of drug-likeness (QED) is 0.795. The Morgan fingerprint density at radius 3 is 2.65 bits per heavy atom. The average Bonchev–Trinajstić information content (AvgIpc) is 2.94. The van der Waals surface area contributed by atoms with Crippen LogP contribution in [0.15, 0.2) is 0 Å². The molecule has 1 saturated carbocycles. The molecule has 0 radical (unpaired) electrons. The van der Waals surface area contributed by atoms with E-state index in [0.717, 1.165) is 25.7 Å². The summed E-state index contributed by atoms with van der Waals surface area (Å²) in [7, 11) is 0. The van der Waals surface area contributed by atoms with Gasteiger partial charge in [-0.25, -0.2) is 0 Å². The second-order valence-electron chi connectivity index (χ2n) is 5.37. The first-order chi connectivity index (χ1) is 9.38. The Morgan fingerprint density at radius 2 is 2.05 bits per heavy atom. The minimum Gasteiger partial charge on any atom is -0.362 e. The van der Waals surface area contributed by atoms with Gasteiger partial charge in [-0.1, -0.05) is 0 Å². The molecular formula is C13H18F3NO3. The summed E-state index contributed by atoms with van der Waals surface area (Å²) in [5.74, 6) is -0.411. The normalized spacial score (nSPS) is 27.4. The van der Waals surface area contributed by atoms with Gasteiger partial charge in [0.2, 0.25) is 5.91 Å². The molecule has 4 nitrogen and oxygen atoms in total. The van der Waals surface area contributed by atoms with Crippen LogP contribution < -0.4 is 0 Å². The Bertz CT molecular complexity index is 384. The van der Waals surface area contributed by atoms with Crippen LogP contribution in [-0.2, 0) is 14.3 Å². The highest BCUT2D eigenvalue weighted by molar-refractivity contribution is 5.85. The molecule has 0 spiro atoms. The standard InChI is InChI=1S/C13H18F3NO3/c14-13(15,16)8-20-7-12(19)17-6-2-4-10(17)9-3-1-5-11(9)18/h9-10H,1-8H2. The SMILES string of the molecule is O=C1CCCC1C1CCCN1C(=O)COCC(F)(F)F. The van der Waals surface area contributed by atoms with Crippen LogP contribution in [0.2, 0.25) is 0 Å². The molecule has 2 rings (SSSR count). The summed E-state index contributed by atoms with van der Waals surface area (Å²) in [6.45, 7) is -1.49. The van der Waals surface area contributed by atoms with Gasteiger partial charge >= 0.3 is 6.18 Å². The monoisotopic (exact) mass is 293 g/mol. The molecular weight excluding hydrogens is 275 g/mol. The van der Waals surface area contributed by atoms with Crippen LogP contribution in [0.5, 0.6) is 0 Å². The zero-order valence-corrected chi connectivity index (χ0v) is 11.1. The summed E-state index contributed by atoms with van der Waals surface area (Å²) in [4.78, 5) is 25.2. The minimum atomic E-state index is -4.42. The van der Waals surface area contributed by atoms with Crippen LogP contribution in [0.4, 0.5) is 13.2 Å². The van der Waals surface area contributed by atoms with Gasteiger partial charge in [0.25, 0.3) is 0 Å². The lowest BCUT2D eigenvalue weighted by Gasteiger charge is -2.28. The molecule has 2 unspecified atom stereocenters. The van der Waals surface area contributed by atoms with Crippen LogP contribution in [0.25, 0.3) is 0 Å². The Balaban J connectivity index is 1.86. The van der Waals surface area contributed by atoms with Crippen LogP contribution in [-0.4, -0.2) is 48.6 Å². The molecule has 1 saturated heterocycles. The molecule has 2 atom stereocenters. The Kier molecular flexibility index (Phi) is 4.67. The lowest BCUT2D eigenvalue weighted by Crippen LogP contribution is -2.43. The summed E-state index contributed by atoms with van der Waals surface area (Å²) in [5, 5.41) is 0. The van der Waals surface area contributed by atoms with Crippen molar-refractivity contribution >= 4 is 11.7 Å². The molecule has 2 fully saturated rings. The highest BCUT2D eigenvalue weighted by atomic mass is 19.4. The van der Waals surface area contributed by atoms with E-state index >= 15 is 0 Å². The van der Waals surface area contributed by atoms with Crippen molar-refractivity contribution in [2.75, 3.05) is 19.8 Å². The summed E-state index contributed by atoms with van der Waals surface area (Å²) in [6, 6.07) is -0.146. The van der Waals surface area contributed by atoms with Gasteiger partial charge in [-0.05, 0) is 25.7 Å². The van der Waals surface area contributed by atoms with E-state index in [4.69, 9.17) is 0 Å². The second kappa shape index (κ2) is 6.11. The van der Waals surface area contributed by atoms with Crippen molar-refractivity contribution in [1.29, 1.82) is 0 Å². The predicted octanol–water partition coefficient (Wildman–Crippen LogP) is 1.93. The van der Waals surface area contributed by atoms with E-state index < -0.39 is 25.3 Å². The van der Waals surface area contributed by atoms with Crippen LogP contribution in [0.3, 0.4) is 0 Å². The molecule has 2 aliphatic rings. The number of amides is 1. The fourth-order valence-electron chi connectivity index (χ4n) is 3.11. The first-order valence-corrected chi connectivity index (χ1v) is 6.85. The topological polar surface area (TPSA) is 46.6 Å². The summed E-state index contributed by atoms with van der Waals surface area (Å²) in [6.07, 6.45) is -0.718. The maximum atomic E-state index is 12.0. The number of carbonyl (C=O) groups excluding carboxylic acids is 2. The lowest BCUT2D eigenvalue weighted by molar-refractivity contribution is -0.178. The lowest BCUT2D eigenvalue weighted by atomic mass is 9.95. The molecule has 1 heterocycles. The zero-order chi connectivity index (χ0) is 14.8. The molecule has 1 aliphatic heterocycles. The van der Waals surface area contributed by atoms with Gasteiger partial charge in [0.05, 0.1) is 0 Å². The first-order valence-electron chi connectivity index (χ1n) is 6.85. The number of carbonyl (C=O) groups is 2. The number of halogens is 3. The Hall–Kier alpha value is -1.11. The number of hydrogen-bond donors (Lipinski definition) is 0. The van der Waals surface area contributed by atoms with Crippen LogP contribution in [0, 0.1) is 5.92 Å². The Morgan fingerprint density at radius 1 is 1.30 bits per heavy atom. The van der Waals surface area contributed by atoms with Crippen LogP contribution in [0.1, 0.15) is 32.1 Å². The molecule has 20 heavy (non-hydrogen) atoms.